The summed E-state index contributed by atoms with van der Waals surface area (Å²) in [6, 6.07) is 12.3. The first-order chi connectivity index (χ1) is 12.8. The maximum Gasteiger partial charge on any atom is 0.243 e. The maximum absolute atomic E-state index is 12.5. The lowest BCUT2D eigenvalue weighted by Gasteiger charge is -2.18. The maximum atomic E-state index is 12.5. The number of nitrogens with one attached hydrogen (secondary N) is 2. The van der Waals surface area contributed by atoms with Gasteiger partial charge in [-0.2, -0.15) is 4.31 Å². The number of hydrogen-bond donors (Lipinski definition) is 2. The van der Waals surface area contributed by atoms with E-state index in [4.69, 9.17) is 0 Å². The first kappa shape index (κ1) is 20.9. The third-order valence-electron chi connectivity index (χ3n) is 4.31. The van der Waals surface area contributed by atoms with Crippen molar-refractivity contribution >= 4 is 27.3 Å². The Morgan fingerprint density at radius 3 is 2.22 bits per heavy atom. The molecule has 0 aliphatic rings. The van der Waals surface area contributed by atoms with Crippen LogP contribution in [0.2, 0.25) is 0 Å². The van der Waals surface area contributed by atoms with E-state index in [9.17, 15) is 13.2 Å². The Morgan fingerprint density at radius 2 is 1.63 bits per heavy atom. The fraction of sp³-hybridized carbons (Fsp3) is 0.350. The lowest BCUT2D eigenvalue weighted by molar-refractivity contribution is -0.114. The predicted octanol–water partition coefficient (Wildman–Crippen LogP) is 3.38. The van der Waals surface area contributed by atoms with E-state index >= 15 is 0 Å². The van der Waals surface area contributed by atoms with Gasteiger partial charge in [0.25, 0.3) is 0 Å². The van der Waals surface area contributed by atoms with Gasteiger partial charge in [0.05, 0.1) is 11.4 Å². The fourth-order valence-corrected chi connectivity index (χ4v) is 4.19. The van der Waals surface area contributed by atoms with E-state index in [0.717, 1.165) is 16.8 Å². The quantitative estimate of drug-likeness (QED) is 0.725. The summed E-state index contributed by atoms with van der Waals surface area (Å²) >= 11 is 0. The molecule has 2 aromatic rings. The van der Waals surface area contributed by atoms with Gasteiger partial charge in [0, 0.05) is 24.5 Å². The zero-order valence-corrected chi connectivity index (χ0v) is 17.1. The second kappa shape index (κ2) is 9.01. The summed E-state index contributed by atoms with van der Waals surface area (Å²) in [4.78, 5) is 12.4. The summed E-state index contributed by atoms with van der Waals surface area (Å²) < 4.78 is 26.3. The minimum absolute atomic E-state index is 0.129. The second-order valence-electron chi connectivity index (χ2n) is 6.33. The Bertz CT molecular complexity index is 889. The molecule has 27 heavy (non-hydrogen) atoms. The van der Waals surface area contributed by atoms with Crippen LogP contribution in [0.3, 0.4) is 0 Å². The third kappa shape index (κ3) is 5.30. The van der Waals surface area contributed by atoms with Crippen molar-refractivity contribution in [2.75, 3.05) is 30.3 Å². The molecule has 2 rings (SSSR count). The molecule has 0 atom stereocenters. The van der Waals surface area contributed by atoms with Gasteiger partial charge in [-0.05, 0) is 55.3 Å². The molecule has 0 aliphatic heterocycles. The highest BCUT2D eigenvalue weighted by molar-refractivity contribution is 7.89. The van der Waals surface area contributed by atoms with E-state index in [0.29, 0.717) is 18.8 Å². The van der Waals surface area contributed by atoms with E-state index in [1.54, 1.807) is 26.0 Å². The average Bonchev–Trinajstić information content (AvgIpc) is 2.63. The SMILES string of the molecule is CCN(CC)S(=O)(=O)c1ccc(NC(=O)CNc2cc(C)ccc2C)cc1. The number of nitrogens with zero attached hydrogens (tertiary/aromatic N) is 1. The van der Waals surface area contributed by atoms with E-state index in [1.807, 2.05) is 32.0 Å². The number of rotatable bonds is 8. The monoisotopic (exact) mass is 389 g/mol. The highest BCUT2D eigenvalue weighted by Crippen LogP contribution is 2.19. The number of carbonyl (C=O) groups excluding carboxylic acids is 1. The molecule has 2 aromatic carbocycles. The van der Waals surface area contributed by atoms with Crippen LogP contribution in [-0.2, 0) is 14.8 Å². The number of aryl methyl sites for hydroxylation is 2. The Labute approximate surface area is 161 Å². The van der Waals surface area contributed by atoms with Gasteiger partial charge in [-0.15, -0.1) is 0 Å². The number of anilines is 2. The van der Waals surface area contributed by atoms with E-state index < -0.39 is 10.0 Å². The third-order valence-corrected chi connectivity index (χ3v) is 6.38. The van der Waals surface area contributed by atoms with Crippen molar-refractivity contribution in [3.05, 3.63) is 53.6 Å². The van der Waals surface area contributed by atoms with Gasteiger partial charge in [0.15, 0.2) is 0 Å². The van der Waals surface area contributed by atoms with Crippen LogP contribution in [0.5, 0.6) is 0 Å². The van der Waals surface area contributed by atoms with Crippen molar-refractivity contribution in [3.8, 4) is 0 Å². The molecule has 0 aliphatic carbocycles. The van der Waals surface area contributed by atoms with Crippen LogP contribution in [0.4, 0.5) is 11.4 Å². The largest absolute Gasteiger partial charge is 0.376 e. The molecule has 7 heteroatoms. The number of hydrogen-bond acceptors (Lipinski definition) is 4. The smallest absolute Gasteiger partial charge is 0.243 e. The molecule has 0 aromatic heterocycles. The lowest BCUT2D eigenvalue weighted by Crippen LogP contribution is -2.30. The Balaban J connectivity index is 2.00. The summed E-state index contributed by atoms with van der Waals surface area (Å²) in [5.74, 6) is -0.199. The van der Waals surface area contributed by atoms with Gasteiger partial charge >= 0.3 is 0 Å². The summed E-state index contributed by atoms with van der Waals surface area (Å²) in [5.41, 5.74) is 3.67. The van der Waals surface area contributed by atoms with Crippen LogP contribution in [0, 0.1) is 13.8 Å². The van der Waals surface area contributed by atoms with Gasteiger partial charge < -0.3 is 10.6 Å². The molecule has 0 bridgehead atoms. The van der Waals surface area contributed by atoms with E-state index in [1.165, 1.54) is 16.4 Å². The predicted molar refractivity (Wildman–Crippen MR) is 110 cm³/mol. The average molecular weight is 390 g/mol. The number of sulfonamides is 1. The van der Waals surface area contributed by atoms with Crippen molar-refractivity contribution in [1.82, 2.24) is 4.31 Å². The first-order valence-corrected chi connectivity index (χ1v) is 10.4. The molecule has 0 heterocycles. The molecule has 0 unspecified atom stereocenters. The number of benzene rings is 2. The summed E-state index contributed by atoms with van der Waals surface area (Å²) in [7, 11) is -3.49. The minimum Gasteiger partial charge on any atom is -0.376 e. The van der Waals surface area contributed by atoms with Crippen molar-refractivity contribution in [2.24, 2.45) is 0 Å². The Kier molecular flexibility index (Phi) is 6.98. The lowest BCUT2D eigenvalue weighted by atomic mass is 10.1. The van der Waals surface area contributed by atoms with Crippen LogP contribution < -0.4 is 10.6 Å². The van der Waals surface area contributed by atoms with Crippen LogP contribution >= 0.6 is 0 Å². The molecule has 1 amide bonds. The molecule has 2 N–H and O–H groups in total. The molecular formula is C20H27N3O3S. The van der Waals surface area contributed by atoms with E-state index in [2.05, 4.69) is 10.6 Å². The van der Waals surface area contributed by atoms with Gasteiger partial charge in [0.1, 0.15) is 0 Å². The van der Waals surface area contributed by atoms with Gasteiger partial charge in [-0.3, -0.25) is 4.79 Å². The zero-order valence-electron chi connectivity index (χ0n) is 16.2. The highest BCUT2D eigenvalue weighted by Gasteiger charge is 2.21. The van der Waals surface area contributed by atoms with E-state index in [-0.39, 0.29) is 17.3 Å². The van der Waals surface area contributed by atoms with Crippen molar-refractivity contribution in [1.29, 1.82) is 0 Å². The zero-order chi connectivity index (χ0) is 20.0. The second-order valence-corrected chi connectivity index (χ2v) is 8.27. The molecule has 0 spiro atoms. The molecule has 0 radical (unpaired) electrons. The van der Waals surface area contributed by atoms with Crippen molar-refractivity contribution < 1.29 is 13.2 Å². The molecule has 0 saturated carbocycles. The fourth-order valence-electron chi connectivity index (χ4n) is 2.73. The van der Waals surface area contributed by atoms with Crippen molar-refractivity contribution in [2.45, 2.75) is 32.6 Å². The molecule has 146 valence electrons. The Hall–Kier alpha value is -2.38. The molecular weight excluding hydrogens is 362 g/mol. The van der Waals surface area contributed by atoms with Gasteiger partial charge in [0.2, 0.25) is 15.9 Å². The summed E-state index contributed by atoms with van der Waals surface area (Å²) in [6.45, 7) is 8.55. The standard InChI is InChI=1S/C20H27N3O3S/c1-5-23(6-2)27(25,26)18-11-9-17(10-12-18)22-20(24)14-21-19-13-15(3)7-8-16(19)4/h7-13,21H,5-6,14H2,1-4H3,(H,22,24). The summed E-state index contributed by atoms with van der Waals surface area (Å²) in [6.07, 6.45) is 0. The number of carbonyl (C=O) groups is 1. The minimum atomic E-state index is -3.49. The summed E-state index contributed by atoms with van der Waals surface area (Å²) in [5, 5.41) is 5.90. The van der Waals surface area contributed by atoms with Crippen LogP contribution in [0.25, 0.3) is 0 Å². The molecule has 0 fully saturated rings. The van der Waals surface area contributed by atoms with Gasteiger partial charge in [-0.25, -0.2) is 8.42 Å². The van der Waals surface area contributed by atoms with Crippen molar-refractivity contribution in [3.63, 3.8) is 0 Å². The Morgan fingerprint density at radius 1 is 1.00 bits per heavy atom. The van der Waals surface area contributed by atoms with Crippen LogP contribution in [0.15, 0.2) is 47.4 Å². The number of amides is 1. The molecule has 0 saturated heterocycles. The normalized spacial score (nSPS) is 11.4. The molecule has 6 nitrogen and oxygen atoms in total. The van der Waals surface area contributed by atoms with Crippen LogP contribution in [0.1, 0.15) is 25.0 Å². The highest BCUT2D eigenvalue weighted by atomic mass is 32.2. The van der Waals surface area contributed by atoms with Crippen LogP contribution in [-0.4, -0.2) is 38.3 Å². The topological polar surface area (TPSA) is 78.5 Å². The van der Waals surface area contributed by atoms with Gasteiger partial charge in [-0.1, -0.05) is 26.0 Å². The first-order valence-electron chi connectivity index (χ1n) is 8.99.